The van der Waals surface area contributed by atoms with Gasteiger partial charge < -0.3 is 4.90 Å². The van der Waals surface area contributed by atoms with E-state index < -0.39 is 0 Å². The van der Waals surface area contributed by atoms with Gasteiger partial charge in [-0.2, -0.15) is 0 Å². The van der Waals surface area contributed by atoms with Crippen molar-refractivity contribution in [2.75, 3.05) is 18.5 Å². The van der Waals surface area contributed by atoms with Crippen molar-refractivity contribution >= 4 is 22.8 Å². The van der Waals surface area contributed by atoms with Crippen LogP contribution in [0, 0.1) is 10.1 Å². The number of anilines is 1. The van der Waals surface area contributed by atoms with Crippen molar-refractivity contribution < 1.29 is 4.92 Å². The van der Waals surface area contributed by atoms with Gasteiger partial charge in [0.25, 0.3) is 5.69 Å². The molecule has 1 aliphatic rings. The average Bonchev–Trinajstić information content (AvgIpc) is 2.47. The highest BCUT2D eigenvalue weighted by atomic mass is 16.6. The normalized spacial score (nSPS) is 13.6. The Balaban J connectivity index is 1.94. The number of hydrogen-bond donors (Lipinski definition) is 0. The summed E-state index contributed by atoms with van der Waals surface area (Å²) < 4.78 is 0. The Morgan fingerprint density at radius 3 is 2.71 bits per heavy atom. The van der Waals surface area contributed by atoms with E-state index in [4.69, 9.17) is 0 Å². The molecule has 21 heavy (non-hydrogen) atoms. The first-order chi connectivity index (χ1) is 10.1. The van der Waals surface area contributed by atoms with E-state index in [1.807, 2.05) is 25.2 Å². The van der Waals surface area contributed by atoms with Gasteiger partial charge in [0.05, 0.1) is 22.8 Å². The molecule has 0 radical (unpaired) electrons. The first-order valence-corrected chi connectivity index (χ1v) is 6.73. The van der Waals surface area contributed by atoms with Crippen LogP contribution in [0.15, 0.2) is 53.5 Å². The van der Waals surface area contributed by atoms with Gasteiger partial charge in [0.2, 0.25) is 0 Å². The SMILES string of the molecule is CN1CC(Cc2ccccc2)=Nc2cc([N+](=O)[O-])ccc21. The lowest BCUT2D eigenvalue weighted by Crippen LogP contribution is -2.29. The number of non-ortho nitro benzene ring substituents is 1. The van der Waals surface area contributed by atoms with Crippen LogP contribution < -0.4 is 4.90 Å². The molecule has 1 heterocycles. The number of nitro benzene ring substituents is 1. The zero-order valence-electron chi connectivity index (χ0n) is 11.7. The maximum atomic E-state index is 10.9. The molecule has 0 amide bonds. The molecule has 0 saturated heterocycles. The highest BCUT2D eigenvalue weighted by Gasteiger charge is 2.19. The van der Waals surface area contributed by atoms with Gasteiger partial charge in [-0.1, -0.05) is 30.3 Å². The van der Waals surface area contributed by atoms with Crippen LogP contribution >= 0.6 is 0 Å². The predicted octanol–water partition coefficient (Wildman–Crippen LogP) is 3.36. The number of fused-ring (bicyclic) bond motifs is 1. The fourth-order valence-electron chi connectivity index (χ4n) is 2.53. The zero-order chi connectivity index (χ0) is 14.8. The number of nitrogens with zero attached hydrogens (tertiary/aromatic N) is 3. The summed E-state index contributed by atoms with van der Waals surface area (Å²) in [6.07, 6.45) is 0.757. The van der Waals surface area contributed by atoms with E-state index in [-0.39, 0.29) is 10.6 Å². The van der Waals surface area contributed by atoms with E-state index in [1.54, 1.807) is 6.07 Å². The van der Waals surface area contributed by atoms with E-state index in [1.165, 1.54) is 17.7 Å². The van der Waals surface area contributed by atoms with Gasteiger partial charge in [-0.25, -0.2) is 0 Å². The standard InChI is InChI=1S/C16H15N3O2/c1-18-11-13(9-12-5-3-2-4-6-12)17-15-10-14(19(20)21)7-8-16(15)18/h2-8,10H,9,11H2,1H3. The minimum Gasteiger partial charge on any atom is -0.367 e. The van der Waals surface area contributed by atoms with Crippen molar-refractivity contribution in [3.63, 3.8) is 0 Å². The highest BCUT2D eigenvalue weighted by molar-refractivity contribution is 5.97. The van der Waals surface area contributed by atoms with E-state index >= 15 is 0 Å². The molecule has 3 rings (SSSR count). The van der Waals surface area contributed by atoms with Crippen LogP contribution in [0.1, 0.15) is 5.56 Å². The van der Waals surface area contributed by atoms with E-state index in [0.29, 0.717) is 5.69 Å². The van der Waals surface area contributed by atoms with Crippen molar-refractivity contribution in [3.05, 3.63) is 64.2 Å². The highest BCUT2D eigenvalue weighted by Crippen LogP contribution is 2.34. The Morgan fingerprint density at radius 2 is 2.00 bits per heavy atom. The van der Waals surface area contributed by atoms with Gasteiger partial charge in [-0.05, 0) is 11.6 Å². The Bertz CT molecular complexity index is 711. The molecule has 0 spiro atoms. The van der Waals surface area contributed by atoms with Crippen molar-refractivity contribution in [3.8, 4) is 0 Å². The molecule has 0 aromatic heterocycles. The monoisotopic (exact) mass is 281 g/mol. The summed E-state index contributed by atoms with van der Waals surface area (Å²) in [4.78, 5) is 17.2. The number of hydrogen-bond acceptors (Lipinski definition) is 4. The molecule has 0 atom stereocenters. The predicted molar refractivity (Wildman–Crippen MR) is 83.6 cm³/mol. The van der Waals surface area contributed by atoms with Crippen LogP contribution in [0.2, 0.25) is 0 Å². The Hall–Kier alpha value is -2.69. The van der Waals surface area contributed by atoms with Crippen molar-refractivity contribution in [1.29, 1.82) is 0 Å². The lowest BCUT2D eigenvalue weighted by molar-refractivity contribution is -0.384. The first kappa shape index (κ1) is 13.3. The van der Waals surface area contributed by atoms with Crippen LogP contribution in [-0.4, -0.2) is 24.2 Å². The van der Waals surface area contributed by atoms with Crippen molar-refractivity contribution in [2.45, 2.75) is 6.42 Å². The molecule has 5 nitrogen and oxygen atoms in total. The summed E-state index contributed by atoms with van der Waals surface area (Å²) in [5.74, 6) is 0. The largest absolute Gasteiger partial charge is 0.367 e. The number of nitro groups is 1. The summed E-state index contributed by atoms with van der Waals surface area (Å²) in [6.45, 7) is 0.736. The van der Waals surface area contributed by atoms with Crippen LogP contribution in [0.4, 0.5) is 17.1 Å². The number of rotatable bonds is 3. The second kappa shape index (κ2) is 5.36. The van der Waals surface area contributed by atoms with E-state index in [0.717, 1.165) is 24.4 Å². The zero-order valence-corrected chi connectivity index (χ0v) is 11.7. The van der Waals surface area contributed by atoms with Crippen LogP contribution in [-0.2, 0) is 6.42 Å². The fourth-order valence-corrected chi connectivity index (χ4v) is 2.53. The van der Waals surface area contributed by atoms with Crippen molar-refractivity contribution in [1.82, 2.24) is 0 Å². The van der Waals surface area contributed by atoms with Gasteiger partial charge in [0.1, 0.15) is 0 Å². The van der Waals surface area contributed by atoms with Gasteiger partial charge in [0, 0.05) is 31.3 Å². The van der Waals surface area contributed by atoms with Gasteiger partial charge in [0.15, 0.2) is 0 Å². The van der Waals surface area contributed by atoms with Crippen LogP contribution in [0.25, 0.3) is 0 Å². The van der Waals surface area contributed by atoms with Gasteiger partial charge in [-0.3, -0.25) is 15.1 Å². The third-order valence-electron chi connectivity index (χ3n) is 3.53. The smallest absolute Gasteiger partial charge is 0.271 e. The fraction of sp³-hybridized carbons (Fsp3) is 0.188. The Kier molecular flexibility index (Phi) is 3.39. The third kappa shape index (κ3) is 2.76. The topological polar surface area (TPSA) is 58.7 Å². The summed E-state index contributed by atoms with van der Waals surface area (Å²) >= 11 is 0. The summed E-state index contributed by atoms with van der Waals surface area (Å²) in [5, 5.41) is 10.9. The molecule has 1 aliphatic heterocycles. The second-order valence-electron chi connectivity index (χ2n) is 5.13. The first-order valence-electron chi connectivity index (χ1n) is 6.73. The molecule has 0 fully saturated rings. The second-order valence-corrected chi connectivity index (χ2v) is 5.13. The quantitative estimate of drug-likeness (QED) is 0.640. The minimum atomic E-state index is -0.388. The summed E-state index contributed by atoms with van der Waals surface area (Å²) in [5.41, 5.74) is 3.88. The maximum absolute atomic E-state index is 10.9. The molecule has 0 unspecified atom stereocenters. The van der Waals surface area contributed by atoms with E-state index in [9.17, 15) is 10.1 Å². The average molecular weight is 281 g/mol. The van der Waals surface area contributed by atoms with Crippen LogP contribution in [0.3, 0.4) is 0 Å². The molecule has 0 bridgehead atoms. The minimum absolute atomic E-state index is 0.0758. The summed E-state index contributed by atoms with van der Waals surface area (Å²) in [6, 6.07) is 14.9. The van der Waals surface area contributed by atoms with Crippen LogP contribution in [0.5, 0.6) is 0 Å². The maximum Gasteiger partial charge on any atom is 0.271 e. The number of benzene rings is 2. The molecule has 2 aromatic carbocycles. The van der Waals surface area contributed by atoms with E-state index in [2.05, 4.69) is 22.0 Å². The summed E-state index contributed by atoms with van der Waals surface area (Å²) in [7, 11) is 1.98. The molecular formula is C16H15N3O2. The Labute approximate surface area is 122 Å². The third-order valence-corrected chi connectivity index (χ3v) is 3.53. The van der Waals surface area contributed by atoms with Gasteiger partial charge in [-0.15, -0.1) is 0 Å². The Morgan fingerprint density at radius 1 is 1.24 bits per heavy atom. The number of aliphatic imine (C=N–C) groups is 1. The molecule has 0 N–H and O–H groups in total. The molecule has 2 aromatic rings. The molecule has 0 aliphatic carbocycles. The van der Waals surface area contributed by atoms with Gasteiger partial charge >= 0.3 is 0 Å². The molecule has 5 heteroatoms. The molecular weight excluding hydrogens is 266 g/mol. The lowest BCUT2D eigenvalue weighted by atomic mass is 10.1. The van der Waals surface area contributed by atoms with Crippen molar-refractivity contribution in [2.24, 2.45) is 4.99 Å². The molecule has 0 saturated carbocycles. The lowest BCUT2D eigenvalue weighted by Gasteiger charge is -2.26. The molecule has 106 valence electrons.